The molecule has 1 aliphatic carbocycles. The third-order valence-electron chi connectivity index (χ3n) is 10.1. The standard InChI is InChI=1S/C39H45N3O4S2Si/c1-39(2,3)49(32-10-6-4-7-11-32,33-12-8-5-9-13-33)46-27-37-41-42-38(47-37)36-21-20-35(40-36)34(26-28-22-24-45-25-23-28)29-14-16-30(17-15-29)48(43,44)31-18-19-31/h4-17,20-21,28,31,34,40H,18-19,22-27H2,1-3H3. The van der Waals surface area contributed by atoms with Crippen LogP contribution in [0.5, 0.6) is 0 Å². The number of nitrogens with zero attached hydrogens (tertiary/aromatic N) is 2. The Labute approximate surface area is 295 Å². The number of rotatable bonds is 12. The Bertz CT molecular complexity index is 1900. The molecule has 1 saturated carbocycles. The highest BCUT2D eigenvalue weighted by molar-refractivity contribution is 7.92. The Morgan fingerprint density at radius 2 is 1.49 bits per heavy atom. The van der Waals surface area contributed by atoms with Gasteiger partial charge in [-0.3, -0.25) is 0 Å². The first-order valence-corrected chi connectivity index (χ1v) is 21.6. The summed E-state index contributed by atoms with van der Waals surface area (Å²) in [6.07, 6.45) is 4.56. The average Bonchev–Trinajstić information content (AvgIpc) is 3.70. The minimum absolute atomic E-state index is 0.0976. The van der Waals surface area contributed by atoms with Crippen LogP contribution in [-0.4, -0.2) is 50.4 Å². The minimum Gasteiger partial charge on any atom is -0.401 e. The highest BCUT2D eigenvalue weighted by Crippen LogP contribution is 2.40. The lowest BCUT2D eigenvalue weighted by molar-refractivity contribution is 0.0626. The van der Waals surface area contributed by atoms with Gasteiger partial charge in [0, 0.05) is 24.8 Å². The topological polar surface area (TPSA) is 94.2 Å². The van der Waals surface area contributed by atoms with Crippen LogP contribution in [0, 0.1) is 5.92 Å². The Kier molecular flexibility index (Phi) is 9.78. The molecular weight excluding hydrogens is 667 g/mol. The fourth-order valence-corrected chi connectivity index (χ4v) is 14.3. The van der Waals surface area contributed by atoms with E-state index in [9.17, 15) is 8.42 Å². The van der Waals surface area contributed by atoms with Crippen LogP contribution in [-0.2, 0) is 25.6 Å². The summed E-state index contributed by atoms with van der Waals surface area (Å²) in [4.78, 5) is 4.11. The maximum atomic E-state index is 12.9. The number of H-pyrrole nitrogens is 1. The molecule has 1 unspecified atom stereocenters. The molecular formula is C39H45N3O4S2Si. The highest BCUT2D eigenvalue weighted by Gasteiger charge is 2.50. The lowest BCUT2D eigenvalue weighted by Gasteiger charge is -2.42. The molecule has 2 aromatic heterocycles. The molecule has 0 radical (unpaired) electrons. The third kappa shape index (κ3) is 7.12. The summed E-state index contributed by atoms with van der Waals surface area (Å²) in [6, 6.07) is 33.2. The van der Waals surface area contributed by atoms with Crippen molar-refractivity contribution in [2.75, 3.05) is 13.2 Å². The average molecular weight is 712 g/mol. The van der Waals surface area contributed by atoms with Crippen molar-refractivity contribution in [1.29, 1.82) is 0 Å². The van der Waals surface area contributed by atoms with E-state index in [0.29, 0.717) is 17.4 Å². The van der Waals surface area contributed by atoms with Crippen molar-refractivity contribution in [3.8, 4) is 10.7 Å². The smallest absolute Gasteiger partial charge is 0.261 e. The van der Waals surface area contributed by atoms with Gasteiger partial charge in [0.2, 0.25) is 0 Å². The van der Waals surface area contributed by atoms with Crippen molar-refractivity contribution >= 4 is 39.9 Å². The van der Waals surface area contributed by atoms with Crippen LogP contribution in [0.3, 0.4) is 0 Å². The molecule has 256 valence electrons. The van der Waals surface area contributed by atoms with Crippen LogP contribution in [0.1, 0.15) is 75.1 Å². The van der Waals surface area contributed by atoms with Gasteiger partial charge in [-0.2, -0.15) is 0 Å². The van der Waals surface area contributed by atoms with Crippen LogP contribution in [0.2, 0.25) is 5.04 Å². The van der Waals surface area contributed by atoms with Crippen LogP contribution >= 0.6 is 11.3 Å². The van der Waals surface area contributed by atoms with Crippen molar-refractivity contribution in [3.05, 3.63) is 113 Å². The van der Waals surface area contributed by atoms with Gasteiger partial charge in [0.1, 0.15) is 5.01 Å². The predicted octanol–water partition coefficient (Wildman–Crippen LogP) is 7.49. The first-order chi connectivity index (χ1) is 23.6. The molecule has 5 aromatic rings. The van der Waals surface area contributed by atoms with Crippen molar-refractivity contribution in [3.63, 3.8) is 0 Å². The van der Waals surface area contributed by atoms with E-state index in [1.165, 1.54) is 10.4 Å². The molecule has 1 aliphatic heterocycles. The van der Waals surface area contributed by atoms with Crippen molar-refractivity contribution in [1.82, 2.24) is 15.2 Å². The molecule has 3 heterocycles. The fraction of sp³-hybridized carbons (Fsp3) is 0.385. The summed E-state index contributed by atoms with van der Waals surface area (Å²) < 4.78 is 38.5. The largest absolute Gasteiger partial charge is 0.401 e. The van der Waals surface area contributed by atoms with Gasteiger partial charge in [0.05, 0.1) is 22.4 Å². The van der Waals surface area contributed by atoms with E-state index in [1.54, 1.807) is 23.5 Å². The van der Waals surface area contributed by atoms with Gasteiger partial charge in [-0.05, 0) is 83.3 Å². The molecule has 2 aliphatic rings. The number of nitrogens with one attached hydrogen (secondary N) is 1. The molecule has 1 N–H and O–H groups in total. The number of hydrogen-bond donors (Lipinski definition) is 1. The lowest BCUT2D eigenvalue weighted by atomic mass is 9.83. The Morgan fingerprint density at radius 3 is 2.08 bits per heavy atom. The number of hydrogen-bond acceptors (Lipinski definition) is 7. The van der Waals surface area contributed by atoms with E-state index in [1.807, 2.05) is 12.1 Å². The molecule has 7 nitrogen and oxygen atoms in total. The molecule has 7 rings (SSSR count). The van der Waals surface area contributed by atoms with Crippen molar-refractivity contribution in [2.24, 2.45) is 5.92 Å². The Hall–Kier alpha value is -3.41. The van der Waals surface area contributed by atoms with E-state index < -0.39 is 18.2 Å². The number of aromatic nitrogens is 3. The summed E-state index contributed by atoms with van der Waals surface area (Å²) in [5.41, 5.74) is 3.14. The van der Waals surface area contributed by atoms with Gasteiger partial charge in [0.25, 0.3) is 8.32 Å². The second kappa shape index (κ2) is 14.1. The second-order valence-corrected chi connectivity index (χ2v) is 22.0. The maximum Gasteiger partial charge on any atom is 0.261 e. The zero-order chi connectivity index (χ0) is 34.1. The monoisotopic (exact) mass is 711 g/mol. The predicted molar refractivity (Wildman–Crippen MR) is 199 cm³/mol. The van der Waals surface area contributed by atoms with Gasteiger partial charge in [-0.25, -0.2) is 8.42 Å². The second-order valence-electron chi connectivity index (χ2n) is 14.4. The van der Waals surface area contributed by atoms with E-state index >= 15 is 0 Å². The zero-order valence-electron chi connectivity index (χ0n) is 28.5. The number of sulfone groups is 1. The van der Waals surface area contributed by atoms with Gasteiger partial charge in [-0.15, -0.1) is 10.2 Å². The van der Waals surface area contributed by atoms with Crippen LogP contribution in [0.15, 0.2) is 102 Å². The minimum atomic E-state index is -3.23. The van der Waals surface area contributed by atoms with Crippen molar-refractivity contribution < 1.29 is 17.6 Å². The summed E-state index contributed by atoms with van der Waals surface area (Å²) in [7, 11) is -5.94. The van der Waals surface area contributed by atoms with Crippen LogP contribution in [0.25, 0.3) is 10.7 Å². The first-order valence-electron chi connectivity index (χ1n) is 17.3. The van der Waals surface area contributed by atoms with E-state index in [-0.39, 0.29) is 16.2 Å². The van der Waals surface area contributed by atoms with E-state index in [0.717, 1.165) is 72.3 Å². The number of ether oxygens (including phenoxy) is 1. The van der Waals surface area contributed by atoms with Crippen molar-refractivity contribution in [2.45, 2.75) is 80.6 Å². The third-order valence-corrected chi connectivity index (χ3v) is 18.3. The molecule has 1 saturated heterocycles. The SMILES string of the molecule is CC(C)(C)[Si](OCc1nnc(-c2ccc(C(CC3CCOCC3)c3ccc(S(=O)(=O)C4CC4)cc3)[nH]2)s1)(c1ccccc1)c1ccccc1. The van der Waals surface area contributed by atoms with Gasteiger partial charge < -0.3 is 14.1 Å². The van der Waals surface area contributed by atoms with Gasteiger partial charge >= 0.3 is 0 Å². The Balaban J connectivity index is 1.14. The summed E-state index contributed by atoms with van der Waals surface area (Å²) in [5, 5.41) is 13.0. The zero-order valence-corrected chi connectivity index (χ0v) is 31.1. The summed E-state index contributed by atoms with van der Waals surface area (Å²) in [5.74, 6) is 0.632. The number of benzene rings is 3. The van der Waals surface area contributed by atoms with Gasteiger partial charge in [-0.1, -0.05) is 105 Å². The first kappa shape index (κ1) is 34.1. The molecule has 49 heavy (non-hydrogen) atoms. The van der Waals surface area contributed by atoms with Gasteiger partial charge in [0.15, 0.2) is 14.8 Å². The summed E-state index contributed by atoms with van der Waals surface area (Å²) >= 11 is 1.56. The molecule has 0 amide bonds. The van der Waals surface area contributed by atoms with E-state index in [4.69, 9.17) is 9.16 Å². The van der Waals surface area contributed by atoms with E-state index in [2.05, 4.69) is 109 Å². The summed E-state index contributed by atoms with van der Waals surface area (Å²) in [6.45, 7) is 8.79. The quantitative estimate of drug-likeness (QED) is 0.135. The molecule has 10 heteroatoms. The van der Waals surface area contributed by atoms with Crippen LogP contribution < -0.4 is 10.4 Å². The molecule has 1 atom stereocenters. The lowest BCUT2D eigenvalue weighted by Crippen LogP contribution is -2.66. The molecule has 0 bridgehead atoms. The molecule has 0 spiro atoms. The highest BCUT2D eigenvalue weighted by atomic mass is 32.2. The maximum absolute atomic E-state index is 12.9. The Morgan fingerprint density at radius 1 is 0.857 bits per heavy atom. The van der Waals surface area contributed by atoms with Crippen LogP contribution in [0.4, 0.5) is 0 Å². The fourth-order valence-electron chi connectivity index (χ4n) is 7.31. The number of aromatic amines is 1. The molecule has 3 aromatic carbocycles. The molecule has 2 fully saturated rings. The normalized spacial score (nSPS) is 16.9.